The molecule has 2 rings (SSSR count). The van der Waals surface area contributed by atoms with Crippen LogP contribution in [-0.2, 0) is 7.05 Å². The summed E-state index contributed by atoms with van der Waals surface area (Å²) in [5, 5.41) is 13.1. The number of aryl methyl sites for hydroxylation is 1. The first-order valence-electron chi connectivity index (χ1n) is 4.87. The summed E-state index contributed by atoms with van der Waals surface area (Å²) in [6, 6.07) is 1.70. The molecule has 0 radical (unpaired) electrons. The van der Waals surface area contributed by atoms with Crippen LogP contribution < -0.4 is 0 Å². The number of carboxylic acid groups (broad SMARTS) is 1. The van der Waals surface area contributed by atoms with E-state index < -0.39 is 5.97 Å². The Labute approximate surface area is 82.5 Å². The second-order valence-corrected chi connectivity index (χ2v) is 4.04. The number of hydrogen-bond donors (Lipinski definition) is 1. The van der Waals surface area contributed by atoms with Gasteiger partial charge in [-0.05, 0) is 24.8 Å². The third-order valence-electron chi connectivity index (χ3n) is 3.12. The van der Waals surface area contributed by atoms with Crippen LogP contribution in [0.5, 0.6) is 0 Å². The molecule has 1 aromatic rings. The van der Waals surface area contributed by atoms with Crippen LogP contribution in [0, 0.1) is 5.92 Å². The van der Waals surface area contributed by atoms with Gasteiger partial charge < -0.3 is 5.11 Å². The van der Waals surface area contributed by atoms with Gasteiger partial charge in [0.1, 0.15) is 5.69 Å². The van der Waals surface area contributed by atoms with Crippen molar-refractivity contribution >= 4 is 5.97 Å². The molecule has 1 saturated carbocycles. The minimum absolute atomic E-state index is 0.277. The lowest BCUT2D eigenvalue weighted by atomic mass is 9.73. The maximum absolute atomic E-state index is 10.8. The van der Waals surface area contributed by atoms with E-state index >= 15 is 0 Å². The molecule has 1 aromatic heterocycles. The number of aromatic nitrogens is 2. The Morgan fingerprint density at radius 3 is 2.71 bits per heavy atom. The summed E-state index contributed by atoms with van der Waals surface area (Å²) in [4.78, 5) is 10.8. The molecule has 76 valence electrons. The van der Waals surface area contributed by atoms with Crippen LogP contribution in [0.15, 0.2) is 6.07 Å². The van der Waals surface area contributed by atoms with Crippen LogP contribution in [0.2, 0.25) is 0 Å². The van der Waals surface area contributed by atoms with E-state index in [2.05, 4.69) is 12.0 Å². The molecule has 1 aliphatic rings. The highest BCUT2D eigenvalue weighted by atomic mass is 16.4. The smallest absolute Gasteiger partial charge is 0.354 e. The molecule has 1 fully saturated rings. The first-order valence-corrected chi connectivity index (χ1v) is 4.87. The molecular weight excluding hydrogens is 180 g/mol. The number of carboxylic acids is 1. The SMILES string of the molecule is C[C@H]1CC[C@H]1c1cc(C(=O)O)n(C)n1. The fourth-order valence-corrected chi connectivity index (χ4v) is 1.98. The molecule has 0 aromatic carbocycles. The van der Waals surface area contributed by atoms with Crippen LogP contribution in [0.1, 0.15) is 41.9 Å². The van der Waals surface area contributed by atoms with Gasteiger partial charge in [0.15, 0.2) is 0 Å². The fraction of sp³-hybridized carbons (Fsp3) is 0.600. The van der Waals surface area contributed by atoms with Gasteiger partial charge >= 0.3 is 5.97 Å². The van der Waals surface area contributed by atoms with Crippen molar-refractivity contribution in [1.82, 2.24) is 9.78 Å². The summed E-state index contributed by atoms with van der Waals surface area (Å²) in [5.41, 5.74) is 1.21. The van der Waals surface area contributed by atoms with Gasteiger partial charge in [0.05, 0.1) is 5.69 Å². The topological polar surface area (TPSA) is 55.1 Å². The fourth-order valence-electron chi connectivity index (χ4n) is 1.98. The minimum Gasteiger partial charge on any atom is -0.477 e. The predicted octanol–water partition coefficient (Wildman–Crippen LogP) is 1.63. The Kier molecular flexibility index (Phi) is 2.06. The Morgan fingerprint density at radius 1 is 1.64 bits per heavy atom. The Bertz CT molecular complexity index is 370. The molecule has 0 aliphatic heterocycles. The highest BCUT2D eigenvalue weighted by molar-refractivity contribution is 5.85. The normalized spacial score (nSPS) is 25.9. The molecule has 1 aliphatic carbocycles. The van der Waals surface area contributed by atoms with Crippen LogP contribution >= 0.6 is 0 Å². The molecule has 2 atom stereocenters. The van der Waals surface area contributed by atoms with Gasteiger partial charge in [0, 0.05) is 13.0 Å². The van der Waals surface area contributed by atoms with Crippen molar-refractivity contribution in [3.05, 3.63) is 17.5 Å². The van der Waals surface area contributed by atoms with E-state index in [0.717, 1.165) is 12.1 Å². The molecular formula is C10H14N2O2. The van der Waals surface area contributed by atoms with E-state index in [0.29, 0.717) is 11.8 Å². The molecule has 14 heavy (non-hydrogen) atoms. The number of aromatic carboxylic acids is 1. The summed E-state index contributed by atoms with van der Waals surface area (Å²) in [6.07, 6.45) is 2.36. The largest absolute Gasteiger partial charge is 0.477 e. The Balaban J connectivity index is 2.28. The first kappa shape index (κ1) is 9.24. The van der Waals surface area contributed by atoms with Crippen molar-refractivity contribution in [1.29, 1.82) is 0 Å². The summed E-state index contributed by atoms with van der Waals surface area (Å²) in [5.74, 6) is 0.207. The number of hydrogen-bond acceptors (Lipinski definition) is 2. The lowest BCUT2D eigenvalue weighted by Gasteiger charge is -2.32. The molecule has 0 saturated heterocycles. The third-order valence-corrected chi connectivity index (χ3v) is 3.12. The summed E-state index contributed by atoms with van der Waals surface area (Å²) in [7, 11) is 1.68. The van der Waals surface area contributed by atoms with Gasteiger partial charge in [0.25, 0.3) is 0 Å². The quantitative estimate of drug-likeness (QED) is 0.778. The van der Waals surface area contributed by atoms with Crippen molar-refractivity contribution in [2.75, 3.05) is 0 Å². The monoisotopic (exact) mass is 194 g/mol. The van der Waals surface area contributed by atoms with Gasteiger partial charge in [-0.1, -0.05) is 6.92 Å². The number of nitrogens with zero attached hydrogens (tertiary/aromatic N) is 2. The van der Waals surface area contributed by atoms with Gasteiger partial charge in [0.2, 0.25) is 0 Å². The van der Waals surface area contributed by atoms with Gasteiger partial charge in [-0.3, -0.25) is 4.68 Å². The summed E-state index contributed by atoms with van der Waals surface area (Å²) < 4.78 is 1.45. The van der Waals surface area contributed by atoms with Crippen LogP contribution in [0.3, 0.4) is 0 Å². The second-order valence-electron chi connectivity index (χ2n) is 4.04. The van der Waals surface area contributed by atoms with Crippen molar-refractivity contribution in [2.24, 2.45) is 13.0 Å². The zero-order valence-electron chi connectivity index (χ0n) is 8.40. The molecule has 0 amide bonds. The second kappa shape index (κ2) is 3.12. The zero-order chi connectivity index (χ0) is 10.3. The van der Waals surface area contributed by atoms with Gasteiger partial charge in [-0.2, -0.15) is 5.10 Å². The maximum Gasteiger partial charge on any atom is 0.354 e. The van der Waals surface area contributed by atoms with E-state index in [1.807, 2.05) is 0 Å². The molecule has 4 heteroatoms. The van der Waals surface area contributed by atoms with E-state index in [1.165, 1.54) is 11.1 Å². The van der Waals surface area contributed by atoms with Crippen molar-refractivity contribution < 1.29 is 9.90 Å². The number of carbonyl (C=O) groups is 1. The first-order chi connectivity index (χ1) is 6.59. The molecule has 0 bridgehead atoms. The van der Waals surface area contributed by atoms with E-state index in [1.54, 1.807) is 13.1 Å². The third kappa shape index (κ3) is 1.31. The van der Waals surface area contributed by atoms with E-state index in [9.17, 15) is 4.79 Å². The molecule has 0 unspecified atom stereocenters. The Morgan fingerprint density at radius 2 is 2.36 bits per heavy atom. The highest BCUT2D eigenvalue weighted by Crippen LogP contribution is 2.41. The molecule has 1 N–H and O–H groups in total. The molecule has 4 nitrogen and oxygen atoms in total. The number of rotatable bonds is 2. The zero-order valence-corrected chi connectivity index (χ0v) is 8.40. The maximum atomic E-state index is 10.8. The van der Waals surface area contributed by atoms with Crippen molar-refractivity contribution in [3.63, 3.8) is 0 Å². The van der Waals surface area contributed by atoms with E-state index in [4.69, 9.17) is 5.11 Å². The van der Waals surface area contributed by atoms with Crippen LogP contribution in [-0.4, -0.2) is 20.9 Å². The molecule has 0 spiro atoms. The van der Waals surface area contributed by atoms with E-state index in [-0.39, 0.29) is 5.69 Å². The lowest BCUT2D eigenvalue weighted by Crippen LogP contribution is -2.21. The predicted molar refractivity (Wildman–Crippen MR) is 51.3 cm³/mol. The standard InChI is InChI=1S/C10H14N2O2/c1-6-3-4-7(6)8-5-9(10(13)14)12(2)11-8/h5-7H,3-4H2,1-2H3,(H,13,14)/t6-,7+/m0/s1. The van der Waals surface area contributed by atoms with Crippen molar-refractivity contribution in [3.8, 4) is 0 Å². The Hall–Kier alpha value is -1.32. The summed E-state index contributed by atoms with van der Waals surface area (Å²) >= 11 is 0. The highest BCUT2D eigenvalue weighted by Gasteiger charge is 2.31. The van der Waals surface area contributed by atoms with Gasteiger partial charge in [-0.15, -0.1) is 0 Å². The minimum atomic E-state index is -0.904. The van der Waals surface area contributed by atoms with Gasteiger partial charge in [-0.25, -0.2) is 4.79 Å². The molecule has 1 heterocycles. The lowest BCUT2D eigenvalue weighted by molar-refractivity contribution is 0.0685. The van der Waals surface area contributed by atoms with Crippen molar-refractivity contribution in [2.45, 2.75) is 25.7 Å². The summed E-state index contributed by atoms with van der Waals surface area (Å²) in [6.45, 7) is 2.18. The average molecular weight is 194 g/mol. The van der Waals surface area contributed by atoms with Crippen LogP contribution in [0.25, 0.3) is 0 Å². The van der Waals surface area contributed by atoms with Crippen LogP contribution in [0.4, 0.5) is 0 Å². The average Bonchev–Trinajstić information content (AvgIpc) is 2.44.